The minimum Gasteiger partial charge on any atom is -0.469 e. The largest absolute Gasteiger partial charge is 0.469 e. The second-order valence-electron chi connectivity index (χ2n) is 5.23. The van der Waals surface area contributed by atoms with Crippen LogP contribution >= 0.6 is 0 Å². The van der Waals surface area contributed by atoms with Gasteiger partial charge in [-0.2, -0.15) is 0 Å². The predicted molar refractivity (Wildman–Crippen MR) is 74.3 cm³/mol. The highest BCUT2D eigenvalue weighted by Crippen LogP contribution is 2.18. The fraction of sp³-hybridized carbons (Fsp3) is 0.692. The highest BCUT2D eigenvalue weighted by Gasteiger charge is 2.25. The molecule has 0 aromatic carbocycles. The summed E-state index contributed by atoms with van der Waals surface area (Å²) in [5, 5.41) is 3.25. The zero-order chi connectivity index (χ0) is 13.9. The molecule has 1 saturated heterocycles. The summed E-state index contributed by atoms with van der Waals surface area (Å²) in [6, 6.07) is 1.83. The van der Waals surface area contributed by atoms with Gasteiger partial charge in [0.05, 0.1) is 12.0 Å². The maximum atomic E-state index is 12.3. The van der Waals surface area contributed by atoms with E-state index in [1.807, 2.05) is 13.0 Å². The molecule has 1 aliphatic rings. The Hall–Kier alpha value is -0.850. The van der Waals surface area contributed by atoms with Crippen LogP contribution in [0.4, 0.5) is 0 Å². The first-order valence-electron chi connectivity index (χ1n) is 6.67. The lowest BCUT2D eigenvalue weighted by atomic mass is 10.0. The number of furan rings is 1. The van der Waals surface area contributed by atoms with Gasteiger partial charge in [-0.1, -0.05) is 0 Å². The topological polar surface area (TPSA) is 62.6 Å². The Bertz CT molecular complexity index is 504. The first-order chi connectivity index (χ1) is 8.99. The quantitative estimate of drug-likeness (QED) is 0.887. The monoisotopic (exact) mass is 286 g/mol. The minimum absolute atomic E-state index is 0.252. The third kappa shape index (κ3) is 3.81. The lowest BCUT2D eigenvalue weighted by Gasteiger charge is -2.25. The molecule has 5 nitrogen and oxygen atoms in total. The van der Waals surface area contributed by atoms with Crippen LogP contribution in [0.15, 0.2) is 16.7 Å². The maximum Gasteiger partial charge on any atom is 0.214 e. The first-order valence-corrected chi connectivity index (χ1v) is 8.27. The fourth-order valence-electron chi connectivity index (χ4n) is 2.39. The van der Waals surface area contributed by atoms with Crippen LogP contribution in [0.5, 0.6) is 0 Å². The second-order valence-corrected chi connectivity index (χ2v) is 7.35. The van der Waals surface area contributed by atoms with Gasteiger partial charge >= 0.3 is 0 Å². The van der Waals surface area contributed by atoms with Crippen LogP contribution in [0.1, 0.15) is 24.2 Å². The minimum atomic E-state index is -3.19. The molecule has 0 saturated carbocycles. The van der Waals surface area contributed by atoms with E-state index in [9.17, 15) is 8.42 Å². The number of rotatable bonds is 5. The van der Waals surface area contributed by atoms with Crippen molar-refractivity contribution in [3.63, 3.8) is 0 Å². The van der Waals surface area contributed by atoms with Crippen LogP contribution < -0.4 is 5.32 Å². The van der Waals surface area contributed by atoms with Gasteiger partial charge in [-0.3, -0.25) is 0 Å². The lowest BCUT2D eigenvalue weighted by molar-refractivity contribution is 0.388. The standard InChI is InChI=1S/C13H22N2O3S/c1-11-13(5-8-18-11)9-15(2)19(16,17)10-12-3-6-14-7-4-12/h5,8,12,14H,3-4,6-7,9-10H2,1-2H3. The summed E-state index contributed by atoms with van der Waals surface area (Å²) >= 11 is 0. The molecule has 0 aliphatic carbocycles. The molecular formula is C13H22N2O3S. The van der Waals surface area contributed by atoms with Gasteiger partial charge in [-0.05, 0) is 44.8 Å². The molecule has 0 radical (unpaired) electrons. The van der Waals surface area contributed by atoms with E-state index in [2.05, 4.69) is 5.32 Å². The summed E-state index contributed by atoms with van der Waals surface area (Å²) < 4.78 is 31.3. The van der Waals surface area contributed by atoms with Crippen LogP contribution in [0.2, 0.25) is 0 Å². The van der Waals surface area contributed by atoms with Crippen molar-refractivity contribution >= 4 is 10.0 Å². The highest BCUT2D eigenvalue weighted by molar-refractivity contribution is 7.89. The molecule has 1 N–H and O–H groups in total. The van der Waals surface area contributed by atoms with Gasteiger partial charge in [-0.25, -0.2) is 12.7 Å². The number of sulfonamides is 1. The molecule has 0 amide bonds. The second kappa shape index (κ2) is 6.07. The molecule has 19 heavy (non-hydrogen) atoms. The van der Waals surface area contributed by atoms with E-state index >= 15 is 0 Å². The van der Waals surface area contributed by atoms with Crippen molar-refractivity contribution in [2.45, 2.75) is 26.3 Å². The zero-order valence-electron chi connectivity index (χ0n) is 11.6. The summed E-state index contributed by atoms with van der Waals surface area (Å²) in [6.45, 7) is 4.08. The van der Waals surface area contributed by atoms with Gasteiger partial charge in [0.1, 0.15) is 5.76 Å². The summed E-state index contributed by atoms with van der Waals surface area (Å²) in [5.74, 6) is 1.31. The van der Waals surface area contributed by atoms with Crippen molar-refractivity contribution < 1.29 is 12.8 Å². The van der Waals surface area contributed by atoms with Crippen molar-refractivity contribution in [1.29, 1.82) is 0 Å². The molecule has 0 unspecified atom stereocenters. The Balaban J connectivity index is 1.96. The lowest BCUT2D eigenvalue weighted by Crippen LogP contribution is -2.36. The molecule has 108 valence electrons. The van der Waals surface area contributed by atoms with Crippen molar-refractivity contribution in [3.05, 3.63) is 23.7 Å². The Kier molecular flexibility index (Phi) is 4.65. The number of aryl methyl sites for hydroxylation is 1. The number of piperidine rings is 1. The average Bonchev–Trinajstić information content (AvgIpc) is 2.76. The summed E-state index contributed by atoms with van der Waals surface area (Å²) in [7, 11) is -1.55. The number of nitrogens with one attached hydrogen (secondary N) is 1. The third-order valence-electron chi connectivity index (χ3n) is 3.74. The SMILES string of the molecule is Cc1occc1CN(C)S(=O)(=O)CC1CCNCC1. The summed E-state index contributed by atoms with van der Waals surface area (Å²) in [4.78, 5) is 0. The molecule has 1 aromatic rings. The van der Waals surface area contributed by atoms with E-state index < -0.39 is 10.0 Å². The fourth-order valence-corrected chi connectivity index (χ4v) is 3.91. The maximum absolute atomic E-state index is 12.3. The Morgan fingerprint density at radius 2 is 2.11 bits per heavy atom. The van der Waals surface area contributed by atoms with Gasteiger partial charge in [0, 0.05) is 19.2 Å². The summed E-state index contributed by atoms with van der Waals surface area (Å²) in [6.07, 6.45) is 3.48. The number of hydrogen-bond acceptors (Lipinski definition) is 4. The smallest absolute Gasteiger partial charge is 0.214 e. The molecule has 0 spiro atoms. The third-order valence-corrected chi connectivity index (χ3v) is 5.71. The zero-order valence-corrected chi connectivity index (χ0v) is 12.4. The van der Waals surface area contributed by atoms with Crippen LogP contribution in [-0.2, 0) is 16.6 Å². The van der Waals surface area contributed by atoms with Crippen molar-refractivity contribution in [2.75, 3.05) is 25.9 Å². The van der Waals surface area contributed by atoms with E-state index in [-0.39, 0.29) is 11.7 Å². The molecule has 1 aromatic heterocycles. The van der Waals surface area contributed by atoms with Crippen LogP contribution in [-0.4, -0.2) is 38.6 Å². The van der Waals surface area contributed by atoms with Crippen LogP contribution in [0.3, 0.4) is 0 Å². The van der Waals surface area contributed by atoms with E-state index in [4.69, 9.17) is 4.42 Å². The average molecular weight is 286 g/mol. The normalized spacial score (nSPS) is 18.1. The van der Waals surface area contributed by atoms with Crippen molar-refractivity contribution in [2.24, 2.45) is 5.92 Å². The van der Waals surface area contributed by atoms with Gasteiger partial charge in [0.15, 0.2) is 0 Å². The Labute approximate surface area is 115 Å². The molecular weight excluding hydrogens is 264 g/mol. The molecule has 1 fully saturated rings. The van der Waals surface area contributed by atoms with E-state index in [1.165, 1.54) is 4.31 Å². The van der Waals surface area contributed by atoms with Crippen molar-refractivity contribution in [1.82, 2.24) is 9.62 Å². The van der Waals surface area contributed by atoms with Crippen LogP contribution in [0.25, 0.3) is 0 Å². The van der Waals surface area contributed by atoms with Gasteiger partial charge in [-0.15, -0.1) is 0 Å². The molecule has 2 rings (SSSR count). The number of hydrogen-bond donors (Lipinski definition) is 1. The van der Waals surface area contributed by atoms with E-state index in [0.717, 1.165) is 37.3 Å². The Morgan fingerprint density at radius 3 is 2.68 bits per heavy atom. The van der Waals surface area contributed by atoms with Gasteiger partial charge in [0.25, 0.3) is 0 Å². The molecule has 0 bridgehead atoms. The Morgan fingerprint density at radius 1 is 1.42 bits per heavy atom. The van der Waals surface area contributed by atoms with E-state index in [0.29, 0.717) is 6.54 Å². The van der Waals surface area contributed by atoms with E-state index in [1.54, 1.807) is 13.3 Å². The molecule has 6 heteroatoms. The summed E-state index contributed by atoms with van der Waals surface area (Å²) in [5.41, 5.74) is 0.927. The molecule has 2 heterocycles. The van der Waals surface area contributed by atoms with Crippen LogP contribution in [0, 0.1) is 12.8 Å². The molecule has 0 atom stereocenters. The van der Waals surface area contributed by atoms with Crippen molar-refractivity contribution in [3.8, 4) is 0 Å². The van der Waals surface area contributed by atoms with Gasteiger partial charge in [0.2, 0.25) is 10.0 Å². The predicted octanol–water partition coefficient (Wildman–Crippen LogP) is 1.35. The van der Waals surface area contributed by atoms with Gasteiger partial charge < -0.3 is 9.73 Å². The number of nitrogens with zero attached hydrogens (tertiary/aromatic N) is 1. The molecule has 1 aliphatic heterocycles. The first kappa shape index (κ1) is 14.6. The highest BCUT2D eigenvalue weighted by atomic mass is 32.2.